The van der Waals surface area contributed by atoms with Crippen molar-refractivity contribution in [2.75, 3.05) is 31.7 Å². The first-order valence-corrected chi connectivity index (χ1v) is 12.3. The molecular weight excluding hydrogens is 460 g/mol. The van der Waals surface area contributed by atoms with Crippen LogP contribution >= 0.6 is 0 Å². The monoisotopic (exact) mass is 488 g/mol. The molecule has 9 nitrogen and oxygen atoms in total. The maximum absolute atomic E-state index is 14.0. The molecule has 36 heavy (non-hydrogen) atoms. The molecule has 2 N–H and O–H groups in total. The third-order valence-electron chi connectivity index (χ3n) is 7.67. The van der Waals surface area contributed by atoms with Crippen LogP contribution in [-0.4, -0.2) is 60.6 Å². The highest BCUT2D eigenvalue weighted by molar-refractivity contribution is 6.25. The molecule has 3 aliphatic rings. The maximum atomic E-state index is 14.0. The number of carbonyl (C=O) groups is 3. The molecule has 4 heterocycles. The number of H-pyrrole nitrogens is 1. The van der Waals surface area contributed by atoms with Gasteiger partial charge in [0.05, 0.1) is 30.2 Å². The summed E-state index contributed by atoms with van der Waals surface area (Å²) in [5, 5.41) is 3.89. The molecule has 2 atom stereocenters. The van der Waals surface area contributed by atoms with Crippen LogP contribution < -0.4 is 15.0 Å². The summed E-state index contributed by atoms with van der Waals surface area (Å²) < 4.78 is 11.0. The third-order valence-corrected chi connectivity index (χ3v) is 7.67. The molecule has 4 amide bonds. The minimum absolute atomic E-state index is 0.0110. The number of benzene rings is 2. The average molecular weight is 489 g/mol. The highest BCUT2D eigenvalue weighted by Crippen LogP contribution is 2.46. The summed E-state index contributed by atoms with van der Waals surface area (Å²) in [6.07, 6.45) is 2.47. The number of hydrogen-bond acceptors (Lipinski definition) is 5. The molecule has 1 aromatic heterocycles. The van der Waals surface area contributed by atoms with Crippen molar-refractivity contribution in [1.82, 2.24) is 15.2 Å². The molecule has 3 aliphatic heterocycles. The lowest BCUT2D eigenvalue weighted by Crippen LogP contribution is -2.49. The Morgan fingerprint density at radius 1 is 1.25 bits per heavy atom. The normalized spacial score (nSPS) is 23.2. The lowest BCUT2D eigenvalue weighted by Gasteiger charge is -2.35. The van der Waals surface area contributed by atoms with Gasteiger partial charge in [-0.15, -0.1) is 0 Å². The summed E-state index contributed by atoms with van der Waals surface area (Å²) >= 11 is 0. The highest BCUT2D eigenvalue weighted by Gasteiger charge is 2.59. The number of aromatic amines is 1. The van der Waals surface area contributed by atoms with Crippen LogP contribution in [0.3, 0.4) is 0 Å². The molecule has 0 radical (unpaired) electrons. The van der Waals surface area contributed by atoms with Gasteiger partial charge in [-0.1, -0.05) is 12.1 Å². The number of amides is 4. The Bertz CT molecular complexity index is 1390. The Hall–Kier alpha value is -3.85. The summed E-state index contributed by atoms with van der Waals surface area (Å²) in [6.45, 7) is 3.26. The van der Waals surface area contributed by atoms with Gasteiger partial charge >= 0.3 is 6.03 Å². The van der Waals surface area contributed by atoms with Crippen molar-refractivity contribution in [3.05, 3.63) is 59.3 Å². The Morgan fingerprint density at radius 3 is 2.86 bits per heavy atom. The number of hydrogen-bond donors (Lipinski definition) is 2. The molecule has 6 rings (SSSR count). The van der Waals surface area contributed by atoms with Crippen LogP contribution in [0.25, 0.3) is 10.9 Å². The summed E-state index contributed by atoms with van der Waals surface area (Å²) in [5.74, 6) is 0.0109. The van der Waals surface area contributed by atoms with Crippen molar-refractivity contribution in [3.63, 3.8) is 0 Å². The third kappa shape index (κ3) is 3.22. The van der Waals surface area contributed by atoms with E-state index in [1.807, 2.05) is 18.2 Å². The fourth-order valence-corrected chi connectivity index (χ4v) is 5.73. The van der Waals surface area contributed by atoms with E-state index in [0.717, 1.165) is 40.0 Å². The quantitative estimate of drug-likeness (QED) is 0.536. The molecule has 0 aliphatic carbocycles. The molecular formula is C27H28N4O5. The van der Waals surface area contributed by atoms with Gasteiger partial charge in [0.25, 0.3) is 11.8 Å². The summed E-state index contributed by atoms with van der Waals surface area (Å²) in [7, 11) is 1.62. The van der Waals surface area contributed by atoms with E-state index in [1.165, 1.54) is 0 Å². The van der Waals surface area contributed by atoms with Crippen molar-refractivity contribution < 1.29 is 23.9 Å². The molecule has 0 unspecified atom stereocenters. The lowest BCUT2D eigenvalue weighted by atomic mass is 9.87. The van der Waals surface area contributed by atoms with Crippen molar-refractivity contribution in [2.24, 2.45) is 0 Å². The van der Waals surface area contributed by atoms with Gasteiger partial charge in [0.1, 0.15) is 5.75 Å². The fourth-order valence-electron chi connectivity index (χ4n) is 5.73. The number of imide groups is 1. The molecule has 186 valence electrons. The van der Waals surface area contributed by atoms with Crippen LogP contribution in [0.4, 0.5) is 10.5 Å². The van der Waals surface area contributed by atoms with Crippen LogP contribution in [0.1, 0.15) is 41.4 Å². The van der Waals surface area contributed by atoms with Gasteiger partial charge < -0.3 is 24.7 Å². The predicted molar refractivity (Wildman–Crippen MR) is 133 cm³/mol. The maximum Gasteiger partial charge on any atom is 0.332 e. The number of aromatic nitrogens is 1. The molecule has 2 saturated heterocycles. The zero-order valence-electron chi connectivity index (χ0n) is 20.3. The highest BCUT2D eigenvalue weighted by atomic mass is 16.5. The second-order valence-corrected chi connectivity index (χ2v) is 9.65. The zero-order valence-corrected chi connectivity index (χ0v) is 20.3. The van der Waals surface area contributed by atoms with Gasteiger partial charge in [0, 0.05) is 30.6 Å². The smallest absolute Gasteiger partial charge is 0.332 e. The first-order chi connectivity index (χ1) is 17.4. The number of ether oxygens (including phenoxy) is 2. The molecule has 9 heteroatoms. The van der Waals surface area contributed by atoms with Crippen LogP contribution in [0, 0.1) is 0 Å². The molecule has 0 spiro atoms. The van der Waals surface area contributed by atoms with Gasteiger partial charge in [-0.2, -0.15) is 0 Å². The van der Waals surface area contributed by atoms with E-state index in [-0.39, 0.29) is 29.2 Å². The second-order valence-electron chi connectivity index (χ2n) is 9.65. The molecule has 0 bridgehead atoms. The van der Waals surface area contributed by atoms with E-state index in [9.17, 15) is 14.4 Å². The number of fused-ring (bicyclic) bond motifs is 5. The van der Waals surface area contributed by atoms with Gasteiger partial charge in [-0.3, -0.25) is 9.59 Å². The van der Waals surface area contributed by atoms with Gasteiger partial charge in [-0.05, 0) is 62.1 Å². The van der Waals surface area contributed by atoms with Gasteiger partial charge in [0.15, 0.2) is 5.54 Å². The Balaban J connectivity index is 1.37. The minimum atomic E-state index is -1.21. The number of nitrogens with zero attached hydrogens (tertiary/aromatic N) is 2. The summed E-state index contributed by atoms with van der Waals surface area (Å²) in [4.78, 5) is 47.0. The van der Waals surface area contributed by atoms with Gasteiger partial charge in [-0.25, -0.2) is 9.69 Å². The number of urea groups is 1. The summed E-state index contributed by atoms with van der Waals surface area (Å²) in [6, 6.07) is 12.1. The Kier molecular flexibility index (Phi) is 5.26. The van der Waals surface area contributed by atoms with Crippen LogP contribution in [0.2, 0.25) is 0 Å². The number of para-hydroxylation sites is 1. The van der Waals surface area contributed by atoms with Crippen molar-refractivity contribution in [2.45, 2.75) is 37.8 Å². The van der Waals surface area contributed by atoms with E-state index < -0.39 is 11.6 Å². The first-order valence-electron chi connectivity index (χ1n) is 12.3. The standard InChI is InChI=1S/C27H28N4O5/c1-27-23-18(20-14-16(35-2)9-10-21(20)29-23)11-12-30(27)26(34)31(25(27)33)22-8-4-3-7-19(22)24(32)28-15-17-6-5-13-36-17/h3-4,7-10,14,17,29H,5-6,11-13,15H2,1-2H3,(H,28,32)/t17-,27-/m0/s1. The van der Waals surface area contributed by atoms with E-state index >= 15 is 0 Å². The number of nitrogens with one attached hydrogen (secondary N) is 2. The molecule has 0 saturated carbocycles. The molecule has 3 aromatic rings. The number of anilines is 1. The van der Waals surface area contributed by atoms with E-state index in [1.54, 1.807) is 43.2 Å². The lowest BCUT2D eigenvalue weighted by molar-refractivity contribution is -0.125. The number of carbonyl (C=O) groups excluding carboxylic acids is 3. The summed E-state index contributed by atoms with van der Waals surface area (Å²) in [5.41, 5.74) is 1.95. The van der Waals surface area contributed by atoms with Gasteiger partial charge in [0.2, 0.25) is 0 Å². The second kappa shape index (κ2) is 8.37. The first kappa shape index (κ1) is 22.6. The van der Waals surface area contributed by atoms with E-state index in [0.29, 0.717) is 31.8 Å². The predicted octanol–water partition coefficient (Wildman–Crippen LogP) is 3.33. The number of methoxy groups -OCH3 is 1. The number of rotatable bonds is 5. The van der Waals surface area contributed by atoms with Crippen molar-refractivity contribution in [3.8, 4) is 5.75 Å². The Labute approximate surface area is 208 Å². The fraction of sp³-hybridized carbons (Fsp3) is 0.370. The average Bonchev–Trinajstić information content (AvgIpc) is 3.59. The van der Waals surface area contributed by atoms with Crippen LogP contribution in [0.5, 0.6) is 5.75 Å². The Morgan fingerprint density at radius 2 is 2.08 bits per heavy atom. The van der Waals surface area contributed by atoms with Crippen LogP contribution in [0.15, 0.2) is 42.5 Å². The van der Waals surface area contributed by atoms with Crippen molar-refractivity contribution >= 4 is 34.4 Å². The van der Waals surface area contributed by atoms with Crippen LogP contribution in [-0.2, 0) is 21.5 Å². The SMILES string of the molecule is COc1ccc2[nH]c3c(c2c1)CCN1C(=O)N(c2ccccc2C(=O)NC[C@@H]2CCCO2)C(=O)[C@]31C. The van der Waals surface area contributed by atoms with E-state index in [4.69, 9.17) is 9.47 Å². The van der Waals surface area contributed by atoms with E-state index in [2.05, 4.69) is 10.3 Å². The molecule has 2 fully saturated rings. The largest absolute Gasteiger partial charge is 0.497 e. The molecule has 2 aromatic carbocycles. The zero-order chi connectivity index (χ0) is 25.0. The van der Waals surface area contributed by atoms with Crippen molar-refractivity contribution in [1.29, 1.82) is 0 Å². The topological polar surface area (TPSA) is 104 Å². The minimum Gasteiger partial charge on any atom is -0.497 e.